The number of hydrogen-bond donors (Lipinski definition) is 2. The van der Waals surface area contributed by atoms with Gasteiger partial charge in [0.25, 0.3) is 0 Å². The molecule has 0 unspecified atom stereocenters. The van der Waals surface area contributed by atoms with Crippen LogP contribution >= 0.6 is 15.9 Å². The van der Waals surface area contributed by atoms with Gasteiger partial charge in [0.05, 0.1) is 11.6 Å². The second-order valence-electron chi connectivity index (χ2n) is 3.45. The molecule has 0 spiro atoms. The van der Waals surface area contributed by atoms with Crippen molar-refractivity contribution in [3.05, 3.63) is 21.9 Å². The molecule has 0 atom stereocenters. The van der Waals surface area contributed by atoms with Crippen molar-refractivity contribution in [2.45, 2.75) is 19.3 Å². The lowest BCUT2D eigenvalue weighted by atomic mass is 10.1. The summed E-state index contributed by atoms with van der Waals surface area (Å²) < 4.78 is 18.8. The summed E-state index contributed by atoms with van der Waals surface area (Å²) in [6.45, 7) is 0. The van der Waals surface area contributed by atoms with Crippen LogP contribution in [-0.4, -0.2) is 23.3 Å². The van der Waals surface area contributed by atoms with Crippen molar-refractivity contribution in [2.75, 3.05) is 7.11 Å². The van der Waals surface area contributed by atoms with E-state index in [1.54, 1.807) is 0 Å². The average Bonchev–Trinajstić information content (AvgIpc) is 2.27. The van der Waals surface area contributed by atoms with Gasteiger partial charge in [-0.15, -0.1) is 0 Å². The smallest absolute Gasteiger partial charge is 0.303 e. The molecule has 6 heteroatoms. The Bertz CT molecular complexity index is 434. The summed E-state index contributed by atoms with van der Waals surface area (Å²) in [4.78, 5) is 10.4. The van der Waals surface area contributed by atoms with Crippen LogP contribution in [0.25, 0.3) is 0 Å². The van der Waals surface area contributed by atoms with Crippen LogP contribution in [0.2, 0.25) is 0 Å². The summed E-state index contributed by atoms with van der Waals surface area (Å²) in [6, 6.07) is 1.32. The van der Waals surface area contributed by atoms with E-state index in [4.69, 9.17) is 9.84 Å². The van der Waals surface area contributed by atoms with Gasteiger partial charge in [-0.25, -0.2) is 4.39 Å². The summed E-state index contributed by atoms with van der Waals surface area (Å²) in [6.07, 6.45) is 0.312. The van der Waals surface area contributed by atoms with E-state index in [1.807, 2.05) is 0 Å². The van der Waals surface area contributed by atoms with Crippen molar-refractivity contribution in [1.82, 2.24) is 0 Å². The molecule has 17 heavy (non-hydrogen) atoms. The van der Waals surface area contributed by atoms with Crippen LogP contribution < -0.4 is 4.74 Å². The first kappa shape index (κ1) is 13.8. The Morgan fingerprint density at radius 1 is 1.59 bits per heavy atom. The monoisotopic (exact) mass is 306 g/mol. The van der Waals surface area contributed by atoms with Crippen molar-refractivity contribution in [3.63, 3.8) is 0 Å². The third kappa shape index (κ3) is 3.33. The Kier molecular flexibility index (Phi) is 4.74. The second kappa shape index (κ2) is 5.86. The number of halogens is 2. The van der Waals surface area contributed by atoms with Gasteiger partial charge >= 0.3 is 5.97 Å². The molecule has 94 valence electrons. The number of rotatable bonds is 5. The molecule has 2 N–H and O–H groups in total. The second-order valence-corrected chi connectivity index (χ2v) is 4.30. The van der Waals surface area contributed by atoms with Crippen molar-refractivity contribution in [2.24, 2.45) is 0 Å². The molecule has 0 aliphatic rings. The fourth-order valence-electron chi connectivity index (χ4n) is 1.44. The first-order chi connectivity index (χ1) is 7.97. The lowest BCUT2D eigenvalue weighted by Gasteiger charge is -2.11. The molecule has 4 nitrogen and oxygen atoms in total. The van der Waals surface area contributed by atoms with Crippen LogP contribution in [0.5, 0.6) is 11.5 Å². The van der Waals surface area contributed by atoms with Gasteiger partial charge in [-0.2, -0.15) is 0 Å². The zero-order chi connectivity index (χ0) is 13.0. The van der Waals surface area contributed by atoms with E-state index in [1.165, 1.54) is 13.2 Å². The number of aliphatic carboxylic acids is 1. The Balaban J connectivity index is 2.96. The fourth-order valence-corrected chi connectivity index (χ4v) is 1.89. The van der Waals surface area contributed by atoms with Crippen LogP contribution in [0.1, 0.15) is 18.4 Å². The predicted molar refractivity (Wildman–Crippen MR) is 62.9 cm³/mol. The highest BCUT2D eigenvalue weighted by molar-refractivity contribution is 9.10. The van der Waals surface area contributed by atoms with E-state index < -0.39 is 11.8 Å². The van der Waals surface area contributed by atoms with Crippen molar-refractivity contribution >= 4 is 21.9 Å². The third-order valence-corrected chi connectivity index (χ3v) is 2.87. The minimum absolute atomic E-state index is 0.0671. The highest BCUT2D eigenvalue weighted by atomic mass is 79.9. The number of hydrogen-bond acceptors (Lipinski definition) is 3. The molecular formula is C11H12BrFO4. The number of methoxy groups -OCH3 is 1. The topological polar surface area (TPSA) is 66.8 Å². The quantitative estimate of drug-likeness (QED) is 0.878. The molecule has 0 bridgehead atoms. The van der Waals surface area contributed by atoms with Crippen LogP contribution in [0, 0.1) is 5.82 Å². The minimum Gasteiger partial charge on any atom is -0.504 e. The van der Waals surface area contributed by atoms with Crippen LogP contribution in [0.15, 0.2) is 10.5 Å². The van der Waals surface area contributed by atoms with Crippen molar-refractivity contribution < 1.29 is 24.1 Å². The van der Waals surface area contributed by atoms with E-state index >= 15 is 0 Å². The van der Waals surface area contributed by atoms with Gasteiger partial charge in [0.2, 0.25) is 0 Å². The van der Waals surface area contributed by atoms with Gasteiger partial charge < -0.3 is 14.9 Å². The van der Waals surface area contributed by atoms with E-state index in [0.29, 0.717) is 0 Å². The molecule has 0 aliphatic carbocycles. The fraction of sp³-hybridized carbons (Fsp3) is 0.364. The number of carbonyl (C=O) groups is 1. The lowest BCUT2D eigenvalue weighted by Crippen LogP contribution is -1.99. The normalized spacial score (nSPS) is 10.3. The number of phenols is 1. The minimum atomic E-state index is -0.952. The van der Waals surface area contributed by atoms with E-state index in [0.717, 1.165) is 0 Å². The van der Waals surface area contributed by atoms with E-state index in [2.05, 4.69) is 15.9 Å². The standard InChI is InChI=1S/C11H12BrFO4/c1-17-8-5-7(12)10(13)6(11(8)16)3-2-4-9(14)15/h5,16H,2-4H2,1H3,(H,14,15). The Morgan fingerprint density at radius 3 is 2.76 bits per heavy atom. The number of carboxylic acids is 1. The molecule has 1 aromatic rings. The molecule has 0 fully saturated rings. The number of ether oxygens (including phenoxy) is 1. The molecule has 1 aromatic carbocycles. The number of phenolic OH excluding ortho intramolecular Hbond substituents is 1. The number of benzene rings is 1. The largest absolute Gasteiger partial charge is 0.504 e. The molecular weight excluding hydrogens is 295 g/mol. The van der Waals surface area contributed by atoms with Crippen LogP contribution in [0.4, 0.5) is 4.39 Å². The van der Waals surface area contributed by atoms with E-state index in [9.17, 15) is 14.3 Å². The first-order valence-electron chi connectivity index (χ1n) is 4.93. The maximum atomic E-state index is 13.7. The Hall–Kier alpha value is -1.30. The molecule has 0 aliphatic heterocycles. The molecule has 1 rings (SSSR count). The summed E-state index contributed by atoms with van der Waals surface area (Å²) in [5.41, 5.74) is 0.0671. The lowest BCUT2D eigenvalue weighted by molar-refractivity contribution is -0.137. The molecule has 0 radical (unpaired) electrons. The third-order valence-electron chi connectivity index (χ3n) is 2.29. The molecule has 0 aromatic heterocycles. The summed E-state index contributed by atoms with van der Waals surface area (Å²) >= 11 is 3.01. The van der Waals surface area contributed by atoms with E-state index in [-0.39, 0.29) is 40.8 Å². The Labute approximate surface area is 106 Å². The van der Waals surface area contributed by atoms with Crippen LogP contribution in [-0.2, 0) is 11.2 Å². The first-order valence-corrected chi connectivity index (χ1v) is 5.72. The summed E-state index contributed by atoms with van der Waals surface area (Å²) in [5, 5.41) is 18.2. The van der Waals surface area contributed by atoms with Gasteiger partial charge in [-0.05, 0) is 28.8 Å². The van der Waals surface area contributed by atoms with Gasteiger partial charge in [0.15, 0.2) is 11.5 Å². The average molecular weight is 307 g/mol. The number of aromatic hydroxyl groups is 1. The number of carboxylic acid groups (broad SMARTS) is 1. The maximum Gasteiger partial charge on any atom is 0.303 e. The van der Waals surface area contributed by atoms with Gasteiger partial charge in [0, 0.05) is 18.1 Å². The summed E-state index contributed by atoms with van der Waals surface area (Å²) in [7, 11) is 1.36. The van der Waals surface area contributed by atoms with Crippen molar-refractivity contribution in [3.8, 4) is 11.5 Å². The molecule has 0 saturated heterocycles. The zero-order valence-electron chi connectivity index (χ0n) is 9.17. The maximum absolute atomic E-state index is 13.7. The SMILES string of the molecule is COc1cc(Br)c(F)c(CCCC(=O)O)c1O. The molecule has 0 amide bonds. The predicted octanol–water partition coefficient (Wildman–Crippen LogP) is 2.71. The molecule has 0 saturated carbocycles. The highest BCUT2D eigenvalue weighted by Gasteiger charge is 2.17. The highest BCUT2D eigenvalue weighted by Crippen LogP contribution is 2.37. The summed E-state index contributed by atoms with van der Waals surface area (Å²) in [5.74, 6) is -1.66. The van der Waals surface area contributed by atoms with Gasteiger partial charge in [-0.1, -0.05) is 0 Å². The zero-order valence-corrected chi connectivity index (χ0v) is 10.8. The van der Waals surface area contributed by atoms with Gasteiger partial charge in [0.1, 0.15) is 5.82 Å². The van der Waals surface area contributed by atoms with Crippen LogP contribution in [0.3, 0.4) is 0 Å². The molecule has 0 heterocycles. The van der Waals surface area contributed by atoms with Gasteiger partial charge in [-0.3, -0.25) is 4.79 Å². The van der Waals surface area contributed by atoms with Crippen molar-refractivity contribution in [1.29, 1.82) is 0 Å². The Morgan fingerprint density at radius 2 is 2.24 bits per heavy atom.